The van der Waals surface area contributed by atoms with Crippen molar-refractivity contribution < 1.29 is 9.59 Å². The number of ketones is 1. The van der Waals surface area contributed by atoms with Gasteiger partial charge < -0.3 is 4.90 Å². The summed E-state index contributed by atoms with van der Waals surface area (Å²) in [5.41, 5.74) is -0.725. The number of carbonyl (C=O) groups is 2. The predicted octanol–water partition coefficient (Wildman–Crippen LogP) is 2.46. The third-order valence-corrected chi connectivity index (χ3v) is 5.45. The highest BCUT2D eigenvalue weighted by Gasteiger charge is 2.60. The lowest BCUT2D eigenvalue weighted by molar-refractivity contribution is -0.147. The van der Waals surface area contributed by atoms with Crippen molar-refractivity contribution in [3.05, 3.63) is 47.5 Å². The molecule has 1 aliphatic heterocycles. The Morgan fingerprint density at radius 2 is 1.87 bits per heavy atom. The molecule has 3 rings (SSSR count). The number of Topliss-reactive ketones (excluding diaryl/α,β-unsaturated/α-hetero) is 1. The van der Waals surface area contributed by atoms with Crippen LogP contribution >= 0.6 is 0 Å². The summed E-state index contributed by atoms with van der Waals surface area (Å²) in [4.78, 5) is 27.6. The zero-order valence-corrected chi connectivity index (χ0v) is 13.7. The Kier molecular flexibility index (Phi) is 3.40. The van der Waals surface area contributed by atoms with Crippen molar-refractivity contribution in [2.75, 3.05) is 13.6 Å². The maximum atomic E-state index is 13.2. The van der Waals surface area contributed by atoms with Gasteiger partial charge in [-0.25, -0.2) is 0 Å². The van der Waals surface area contributed by atoms with Gasteiger partial charge in [-0.1, -0.05) is 44.2 Å². The van der Waals surface area contributed by atoms with Crippen molar-refractivity contribution in [1.82, 2.24) is 4.90 Å². The number of likely N-dealkylation sites (tertiary alicyclic amines) is 1. The fourth-order valence-electron chi connectivity index (χ4n) is 4.21. The standard InChI is InChI=1S/C19H20N2O2/c1-18(2)15-9-10-21(3)17(23)19(15,11-13(12-20)16(18)22)14-7-5-4-6-8-14/h4-8,11,15H,9-10H2,1-3H3/t15-,19+/m1/s1. The number of nitrogens with zero attached hydrogens (tertiary/aromatic N) is 2. The van der Waals surface area contributed by atoms with E-state index in [1.54, 1.807) is 18.0 Å². The van der Waals surface area contributed by atoms with E-state index in [9.17, 15) is 14.9 Å². The van der Waals surface area contributed by atoms with Crippen LogP contribution in [-0.4, -0.2) is 30.2 Å². The molecule has 0 radical (unpaired) electrons. The summed E-state index contributed by atoms with van der Waals surface area (Å²) in [5.74, 6) is -0.340. The highest BCUT2D eigenvalue weighted by atomic mass is 16.2. The first-order valence-electron chi connectivity index (χ1n) is 7.84. The van der Waals surface area contributed by atoms with Crippen molar-refractivity contribution in [1.29, 1.82) is 5.26 Å². The van der Waals surface area contributed by atoms with Gasteiger partial charge in [-0.2, -0.15) is 5.26 Å². The molecule has 2 atom stereocenters. The third kappa shape index (κ3) is 1.96. The molecule has 0 bridgehead atoms. The van der Waals surface area contributed by atoms with Gasteiger partial charge in [0.1, 0.15) is 6.07 Å². The number of carbonyl (C=O) groups excluding carboxylic acids is 2. The Morgan fingerprint density at radius 1 is 1.22 bits per heavy atom. The average molecular weight is 308 g/mol. The van der Waals surface area contributed by atoms with Crippen molar-refractivity contribution in [2.24, 2.45) is 11.3 Å². The van der Waals surface area contributed by atoms with Crippen LogP contribution in [0.2, 0.25) is 0 Å². The first-order valence-corrected chi connectivity index (χ1v) is 7.84. The van der Waals surface area contributed by atoms with Gasteiger partial charge in [0.15, 0.2) is 5.78 Å². The van der Waals surface area contributed by atoms with Gasteiger partial charge in [-0.3, -0.25) is 9.59 Å². The van der Waals surface area contributed by atoms with E-state index in [1.807, 2.05) is 50.2 Å². The lowest BCUT2D eigenvalue weighted by Gasteiger charge is -2.52. The predicted molar refractivity (Wildman–Crippen MR) is 86.3 cm³/mol. The van der Waals surface area contributed by atoms with E-state index < -0.39 is 10.8 Å². The van der Waals surface area contributed by atoms with Crippen LogP contribution in [0.3, 0.4) is 0 Å². The highest BCUT2D eigenvalue weighted by Crippen LogP contribution is 2.53. The maximum absolute atomic E-state index is 13.2. The summed E-state index contributed by atoms with van der Waals surface area (Å²) in [5, 5.41) is 9.43. The summed E-state index contributed by atoms with van der Waals surface area (Å²) < 4.78 is 0. The van der Waals surface area contributed by atoms with Crippen LogP contribution in [0.5, 0.6) is 0 Å². The van der Waals surface area contributed by atoms with Crippen LogP contribution in [0.25, 0.3) is 0 Å². The van der Waals surface area contributed by atoms with Crippen LogP contribution in [0.4, 0.5) is 0 Å². The Hall–Kier alpha value is -2.41. The second kappa shape index (κ2) is 5.06. The highest BCUT2D eigenvalue weighted by molar-refractivity contribution is 6.08. The molecular formula is C19H20N2O2. The van der Waals surface area contributed by atoms with Gasteiger partial charge in [0.2, 0.25) is 5.91 Å². The molecule has 0 spiro atoms. The number of hydrogen-bond acceptors (Lipinski definition) is 3. The van der Waals surface area contributed by atoms with Gasteiger partial charge in [0.05, 0.1) is 11.0 Å². The first-order chi connectivity index (χ1) is 10.9. The van der Waals surface area contributed by atoms with E-state index in [-0.39, 0.29) is 23.2 Å². The van der Waals surface area contributed by atoms with Crippen LogP contribution in [-0.2, 0) is 15.0 Å². The number of benzene rings is 1. The molecule has 0 N–H and O–H groups in total. The SMILES string of the molecule is CN1CC[C@@H]2C(C)(C)C(=O)C(C#N)=C[C@@]2(c2ccccc2)C1=O. The number of rotatable bonds is 1. The minimum Gasteiger partial charge on any atom is -0.345 e. The molecule has 1 aliphatic carbocycles. The van der Waals surface area contributed by atoms with Gasteiger partial charge >= 0.3 is 0 Å². The summed E-state index contributed by atoms with van der Waals surface area (Å²) >= 11 is 0. The molecule has 0 aromatic heterocycles. The molecule has 1 amide bonds. The smallest absolute Gasteiger partial charge is 0.237 e. The topological polar surface area (TPSA) is 61.2 Å². The zero-order chi connectivity index (χ0) is 16.8. The zero-order valence-electron chi connectivity index (χ0n) is 13.7. The van der Waals surface area contributed by atoms with Gasteiger partial charge in [-0.15, -0.1) is 0 Å². The molecule has 2 aliphatic rings. The average Bonchev–Trinajstić information content (AvgIpc) is 2.55. The maximum Gasteiger partial charge on any atom is 0.237 e. The first kappa shape index (κ1) is 15.5. The summed E-state index contributed by atoms with van der Waals surface area (Å²) in [7, 11) is 1.78. The van der Waals surface area contributed by atoms with Crippen LogP contribution in [0.1, 0.15) is 25.8 Å². The molecule has 118 valence electrons. The molecule has 4 nitrogen and oxygen atoms in total. The number of amides is 1. The molecule has 0 saturated carbocycles. The number of allylic oxidation sites excluding steroid dienone is 1. The van der Waals surface area contributed by atoms with Crippen molar-refractivity contribution in [3.63, 3.8) is 0 Å². The molecule has 0 unspecified atom stereocenters. The van der Waals surface area contributed by atoms with E-state index in [0.29, 0.717) is 6.54 Å². The molecule has 1 aromatic rings. The second-order valence-corrected chi connectivity index (χ2v) is 7.02. The van der Waals surface area contributed by atoms with Gasteiger partial charge in [0, 0.05) is 19.0 Å². The van der Waals surface area contributed by atoms with E-state index in [2.05, 4.69) is 0 Å². The Morgan fingerprint density at radius 3 is 2.48 bits per heavy atom. The van der Waals surface area contributed by atoms with Gasteiger partial charge in [0.25, 0.3) is 0 Å². The fraction of sp³-hybridized carbons (Fsp3) is 0.421. The molecule has 4 heteroatoms. The lowest BCUT2D eigenvalue weighted by atomic mass is 9.52. The Labute approximate surface area is 136 Å². The molecule has 1 heterocycles. The second-order valence-electron chi connectivity index (χ2n) is 7.02. The van der Waals surface area contributed by atoms with E-state index in [4.69, 9.17) is 0 Å². The van der Waals surface area contributed by atoms with Crippen molar-refractivity contribution in [3.8, 4) is 6.07 Å². The molecular weight excluding hydrogens is 288 g/mol. The van der Waals surface area contributed by atoms with E-state index in [1.165, 1.54) is 0 Å². The van der Waals surface area contributed by atoms with Crippen molar-refractivity contribution >= 4 is 11.7 Å². The molecule has 1 saturated heterocycles. The monoisotopic (exact) mass is 308 g/mol. The summed E-state index contributed by atoms with van der Waals surface area (Å²) in [6, 6.07) is 11.5. The molecule has 1 aromatic carbocycles. The van der Waals surface area contributed by atoms with Crippen LogP contribution in [0, 0.1) is 22.7 Å². The number of hydrogen-bond donors (Lipinski definition) is 0. The Balaban J connectivity index is 2.35. The third-order valence-electron chi connectivity index (χ3n) is 5.45. The van der Waals surface area contributed by atoms with Crippen LogP contribution in [0.15, 0.2) is 42.0 Å². The minimum absolute atomic E-state index is 0.0340. The lowest BCUT2D eigenvalue weighted by Crippen LogP contribution is -2.61. The fourth-order valence-corrected chi connectivity index (χ4v) is 4.21. The normalized spacial score (nSPS) is 29.6. The number of likely N-dealkylation sites (N-methyl/N-ethyl adjacent to an activating group) is 1. The number of piperidine rings is 1. The van der Waals surface area contributed by atoms with Gasteiger partial charge in [-0.05, 0) is 24.0 Å². The number of fused-ring (bicyclic) bond motifs is 1. The molecule has 1 fully saturated rings. The van der Waals surface area contributed by atoms with Crippen LogP contribution < -0.4 is 0 Å². The van der Waals surface area contributed by atoms with Crippen molar-refractivity contribution in [2.45, 2.75) is 25.7 Å². The quantitative estimate of drug-likeness (QED) is 0.800. The van der Waals surface area contributed by atoms with E-state index >= 15 is 0 Å². The minimum atomic E-state index is -0.934. The summed E-state index contributed by atoms with van der Waals surface area (Å²) in [6.45, 7) is 4.35. The summed E-state index contributed by atoms with van der Waals surface area (Å²) in [6.07, 6.45) is 2.36. The molecule has 23 heavy (non-hydrogen) atoms. The number of nitriles is 1. The Bertz CT molecular complexity index is 742. The largest absolute Gasteiger partial charge is 0.345 e. The van der Waals surface area contributed by atoms with E-state index in [0.717, 1.165) is 12.0 Å².